The molecule has 0 heterocycles. The molecule has 2 rings (SSSR count). The average Bonchev–Trinajstić information content (AvgIpc) is 2.47. The molecule has 0 saturated carbocycles. The van der Waals surface area contributed by atoms with Crippen LogP contribution in [0.25, 0.3) is 0 Å². The Kier molecular flexibility index (Phi) is 4.44. The van der Waals surface area contributed by atoms with E-state index in [2.05, 4.69) is 0 Å². The molecule has 0 radical (unpaired) electrons. The van der Waals surface area contributed by atoms with Crippen molar-refractivity contribution in [2.24, 2.45) is 0 Å². The highest BCUT2D eigenvalue weighted by atomic mass is 32.2. The van der Waals surface area contributed by atoms with E-state index in [0.717, 1.165) is 11.8 Å². The molecule has 1 N–H and O–H groups in total. The molecule has 0 aromatic heterocycles. The molecule has 0 amide bonds. The number of rotatable bonds is 5. The number of ether oxygens (including phenoxy) is 1. The third kappa shape index (κ3) is 3.51. The molecule has 0 bridgehead atoms. The smallest absolute Gasteiger partial charge is 0.336 e. The lowest BCUT2D eigenvalue weighted by atomic mass is 10.2. The summed E-state index contributed by atoms with van der Waals surface area (Å²) in [6, 6.07) is 10.8. The fourth-order valence-corrected chi connectivity index (χ4v) is 2.72. The molecule has 21 heavy (non-hydrogen) atoms. The van der Waals surface area contributed by atoms with Crippen molar-refractivity contribution < 1.29 is 19.6 Å². The van der Waals surface area contributed by atoms with Gasteiger partial charge in [0.25, 0.3) is 5.69 Å². The van der Waals surface area contributed by atoms with Gasteiger partial charge in [0.05, 0.1) is 23.7 Å². The number of nitro benzene ring substituents is 1. The van der Waals surface area contributed by atoms with Gasteiger partial charge in [-0.15, -0.1) is 0 Å². The lowest BCUT2D eigenvalue weighted by molar-refractivity contribution is -0.385. The van der Waals surface area contributed by atoms with Crippen LogP contribution in [-0.4, -0.2) is 23.1 Å². The van der Waals surface area contributed by atoms with Crippen molar-refractivity contribution in [3.05, 3.63) is 58.1 Å². The maximum atomic E-state index is 11.2. The summed E-state index contributed by atoms with van der Waals surface area (Å²) in [5.41, 5.74) is 0.0395. The van der Waals surface area contributed by atoms with Crippen LogP contribution in [0.15, 0.2) is 52.3 Å². The van der Waals surface area contributed by atoms with E-state index >= 15 is 0 Å². The molecule has 0 aliphatic carbocycles. The van der Waals surface area contributed by atoms with Crippen molar-refractivity contribution in [1.29, 1.82) is 0 Å². The van der Waals surface area contributed by atoms with Crippen LogP contribution in [0.4, 0.5) is 5.69 Å². The fraction of sp³-hybridized carbons (Fsp3) is 0.0714. The number of aromatic carboxylic acids is 1. The van der Waals surface area contributed by atoms with Crippen LogP contribution in [-0.2, 0) is 0 Å². The van der Waals surface area contributed by atoms with E-state index in [9.17, 15) is 14.9 Å². The Morgan fingerprint density at radius 3 is 2.62 bits per heavy atom. The number of benzene rings is 2. The van der Waals surface area contributed by atoms with Gasteiger partial charge in [0.2, 0.25) is 0 Å². The number of non-ortho nitro benzene ring substituents is 1. The Hall–Kier alpha value is -2.54. The van der Waals surface area contributed by atoms with Crippen LogP contribution in [0.2, 0.25) is 0 Å². The van der Waals surface area contributed by atoms with Gasteiger partial charge in [0, 0.05) is 15.9 Å². The molecular formula is C14H11NO5S. The zero-order chi connectivity index (χ0) is 15.4. The minimum atomic E-state index is -1.05. The van der Waals surface area contributed by atoms with Crippen molar-refractivity contribution in [1.82, 2.24) is 0 Å². The van der Waals surface area contributed by atoms with Gasteiger partial charge in [0.1, 0.15) is 5.75 Å². The van der Waals surface area contributed by atoms with E-state index in [0.29, 0.717) is 15.5 Å². The van der Waals surface area contributed by atoms with E-state index in [1.807, 2.05) is 0 Å². The molecule has 0 saturated heterocycles. The van der Waals surface area contributed by atoms with Gasteiger partial charge < -0.3 is 9.84 Å². The minimum Gasteiger partial charge on any atom is -0.496 e. The number of carbonyl (C=O) groups is 1. The molecule has 7 heteroatoms. The maximum absolute atomic E-state index is 11.2. The van der Waals surface area contributed by atoms with Crippen molar-refractivity contribution in [3.8, 4) is 5.75 Å². The molecule has 0 fully saturated rings. The topological polar surface area (TPSA) is 89.7 Å². The average molecular weight is 305 g/mol. The number of nitrogens with zero attached hydrogens (tertiary/aromatic N) is 1. The molecule has 0 spiro atoms. The first-order valence-corrected chi connectivity index (χ1v) is 6.66. The predicted octanol–water partition coefficient (Wildman–Crippen LogP) is 3.45. The van der Waals surface area contributed by atoms with Crippen LogP contribution < -0.4 is 4.74 Å². The quantitative estimate of drug-likeness (QED) is 0.672. The number of hydrogen-bond acceptors (Lipinski definition) is 5. The van der Waals surface area contributed by atoms with E-state index in [1.54, 1.807) is 24.3 Å². The second-order valence-electron chi connectivity index (χ2n) is 4.03. The molecule has 0 aliphatic heterocycles. The second kappa shape index (κ2) is 6.27. The summed E-state index contributed by atoms with van der Waals surface area (Å²) in [6.45, 7) is 0. The lowest BCUT2D eigenvalue weighted by Crippen LogP contribution is -1.98. The largest absolute Gasteiger partial charge is 0.496 e. The lowest BCUT2D eigenvalue weighted by Gasteiger charge is -2.07. The van der Waals surface area contributed by atoms with Gasteiger partial charge in [-0.2, -0.15) is 0 Å². The minimum absolute atomic E-state index is 0.107. The number of nitro groups is 1. The molecule has 2 aromatic rings. The molecule has 0 unspecified atom stereocenters. The summed E-state index contributed by atoms with van der Waals surface area (Å²) in [5, 5.41) is 20.0. The van der Waals surface area contributed by atoms with Crippen molar-refractivity contribution in [2.45, 2.75) is 9.79 Å². The van der Waals surface area contributed by atoms with Crippen molar-refractivity contribution in [2.75, 3.05) is 7.11 Å². The van der Waals surface area contributed by atoms with Crippen molar-refractivity contribution >= 4 is 23.4 Å². The first-order chi connectivity index (χ1) is 10.0. The zero-order valence-electron chi connectivity index (χ0n) is 11.0. The normalized spacial score (nSPS) is 10.1. The van der Waals surface area contributed by atoms with Crippen LogP contribution in [0, 0.1) is 10.1 Å². The van der Waals surface area contributed by atoms with Crippen LogP contribution >= 0.6 is 11.8 Å². The third-order valence-corrected chi connectivity index (χ3v) is 3.70. The summed E-state index contributed by atoms with van der Waals surface area (Å²) in [5.74, 6) is -0.699. The van der Waals surface area contributed by atoms with Crippen LogP contribution in [0.5, 0.6) is 5.75 Å². The van der Waals surface area contributed by atoms with Gasteiger partial charge in [-0.3, -0.25) is 10.1 Å². The summed E-state index contributed by atoms with van der Waals surface area (Å²) >= 11 is 1.14. The van der Waals surface area contributed by atoms with Gasteiger partial charge in [-0.05, 0) is 18.2 Å². The molecule has 0 atom stereocenters. The highest BCUT2D eigenvalue weighted by Gasteiger charge is 2.14. The van der Waals surface area contributed by atoms with Gasteiger partial charge in [-0.25, -0.2) is 4.79 Å². The highest BCUT2D eigenvalue weighted by molar-refractivity contribution is 7.99. The summed E-state index contributed by atoms with van der Waals surface area (Å²) < 4.78 is 5.03. The Morgan fingerprint density at radius 2 is 2.00 bits per heavy atom. The summed E-state index contributed by atoms with van der Waals surface area (Å²) in [4.78, 5) is 22.6. The Labute approximate surface area is 124 Å². The van der Waals surface area contributed by atoms with Crippen molar-refractivity contribution in [3.63, 3.8) is 0 Å². The Morgan fingerprint density at radius 1 is 1.29 bits per heavy atom. The third-order valence-electron chi connectivity index (χ3n) is 2.66. The Balaban J connectivity index is 2.42. The summed E-state index contributed by atoms with van der Waals surface area (Å²) in [6.07, 6.45) is 0. The number of methoxy groups -OCH3 is 1. The van der Waals surface area contributed by atoms with Gasteiger partial charge in [-0.1, -0.05) is 23.9 Å². The van der Waals surface area contributed by atoms with Gasteiger partial charge >= 0.3 is 5.97 Å². The van der Waals surface area contributed by atoms with E-state index < -0.39 is 10.9 Å². The van der Waals surface area contributed by atoms with Crippen LogP contribution in [0.3, 0.4) is 0 Å². The molecular weight excluding hydrogens is 294 g/mol. The first kappa shape index (κ1) is 14.9. The maximum Gasteiger partial charge on any atom is 0.336 e. The first-order valence-electron chi connectivity index (χ1n) is 5.85. The number of carboxylic acids is 1. The predicted molar refractivity (Wildman–Crippen MR) is 77.2 cm³/mol. The molecule has 6 nitrogen and oxygen atoms in total. The van der Waals surface area contributed by atoms with E-state index in [-0.39, 0.29) is 11.3 Å². The Bertz CT molecular complexity index is 702. The standard InChI is InChI=1S/C14H11NO5S/c1-20-10-6-9(15(18)19)7-11(8-10)21-13-5-3-2-4-12(13)14(16)17/h2-8H,1H3,(H,16,17). The van der Waals surface area contributed by atoms with E-state index in [1.165, 1.54) is 25.3 Å². The summed E-state index contributed by atoms with van der Waals surface area (Å²) in [7, 11) is 1.42. The molecule has 0 aliphatic rings. The molecule has 108 valence electrons. The zero-order valence-corrected chi connectivity index (χ0v) is 11.8. The number of hydrogen-bond donors (Lipinski definition) is 1. The highest BCUT2D eigenvalue weighted by Crippen LogP contribution is 2.35. The molecule has 2 aromatic carbocycles. The number of carboxylic acid groups (broad SMARTS) is 1. The van der Waals surface area contributed by atoms with Crippen LogP contribution in [0.1, 0.15) is 10.4 Å². The second-order valence-corrected chi connectivity index (χ2v) is 5.14. The monoisotopic (exact) mass is 305 g/mol. The SMILES string of the molecule is COc1cc(Sc2ccccc2C(=O)O)cc([N+](=O)[O-])c1. The fourth-order valence-electron chi connectivity index (χ4n) is 1.70. The van der Waals surface area contributed by atoms with Gasteiger partial charge in [0.15, 0.2) is 0 Å². The van der Waals surface area contributed by atoms with E-state index in [4.69, 9.17) is 9.84 Å².